The van der Waals surface area contributed by atoms with Crippen molar-refractivity contribution in [2.24, 2.45) is 15.9 Å². The average molecular weight is 377 g/mol. The Hall–Kier alpha value is -3.24. The van der Waals surface area contributed by atoms with Crippen molar-refractivity contribution < 1.29 is 14.3 Å². The number of amidine groups is 1. The Balaban J connectivity index is 1.81. The van der Waals surface area contributed by atoms with Gasteiger partial charge in [0.05, 0.1) is 24.5 Å². The zero-order valence-electron chi connectivity index (χ0n) is 14.5. The summed E-state index contributed by atoms with van der Waals surface area (Å²) in [5, 5.41) is 9.62. The van der Waals surface area contributed by atoms with Crippen LogP contribution in [0.1, 0.15) is 21.5 Å². The topological polar surface area (TPSA) is 91.9 Å². The van der Waals surface area contributed by atoms with Gasteiger partial charge in [-0.1, -0.05) is 54.2 Å². The number of nitrogens with zero attached hydrogens (tertiary/aromatic N) is 3. The molecule has 0 radical (unpaired) electrons. The summed E-state index contributed by atoms with van der Waals surface area (Å²) in [5.41, 5.74) is 2.45. The maximum Gasteiger partial charge on any atom is 0.337 e. The molecule has 0 spiro atoms. The number of carbonyl (C=O) groups is 2. The molecule has 0 fully saturated rings. The highest BCUT2D eigenvalue weighted by Gasteiger charge is 2.29. The van der Waals surface area contributed by atoms with Crippen LogP contribution >= 0.6 is 11.8 Å². The van der Waals surface area contributed by atoms with Crippen LogP contribution in [0, 0.1) is 17.2 Å². The number of esters is 1. The van der Waals surface area contributed by atoms with E-state index >= 15 is 0 Å². The lowest BCUT2D eigenvalue weighted by molar-refractivity contribution is -0.118. The zero-order valence-corrected chi connectivity index (χ0v) is 15.3. The first kappa shape index (κ1) is 18.5. The number of nitriles is 1. The Morgan fingerprint density at radius 1 is 1.19 bits per heavy atom. The van der Waals surface area contributed by atoms with Gasteiger partial charge in [0, 0.05) is 5.75 Å². The third-order valence-electron chi connectivity index (χ3n) is 3.86. The Kier molecular flexibility index (Phi) is 5.79. The van der Waals surface area contributed by atoms with Crippen molar-refractivity contribution in [2.75, 3.05) is 7.11 Å². The summed E-state index contributed by atoms with van der Waals surface area (Å²) in [6, 6.07) is 18.1. The SMILES string of the molecule is COC(=O)c1cccc(CSC2=NC(=O)C(C#N)C(c3ccccc3)=N2)c1. The van der Waals surface area contributed by atoms with Crippen LogP contribution in [0.25, 0.3) is 0 Å². The number of thioether (sulfide) groups is 1. The second kappa shape index (κ2) is 8.43. The second-order valence-corrected chi connectivity index (χ2v) is 6.58. The molecule has 0 aliphatic carbocycles. The van der Waals surface area contributed by atoms with E-state index in [0.717, 1.165) is 11.1 Å². The maximum atomic E-state index is 12.2. The van der Waals surface area contributed by atoms with Crippen molar-refractivity contribution in [1.82, 2.24) is 0 Å². The molecule has 2 aromatic rings. The van der Waals surface area contributed by atoms with Gasteiger partial charge in [0.15, 0.2) is 11.1 Å². The fraction of sp³-hybridized carbons (Fsp3) is 0.150. The minimum absolute atomic E-state index is 0.300. The fourth-order valence-electron chi connectivity index (χ4n) is 2.54. The molecule has 1 amide bonds. The normalized spacial score (nSPS) is 16.1. The molecule has 7 heteroatoms. The van der Waals surface area contributed by atoms with Gasteiger partial charge in [-0.3, -0.25) is 4.79 Å². The molecule has 0 bridgehead atoms. The molecule has 1 aliphatic rings. The average Bonchev–Trinajstić information content (AvgIpc) is 2.72. The molecule has 0 saturated carbocycles. The van der Waals surface area contributed by atoms with Gasteiger partial charge < -0.3 is 4.74 Å². The molecule has 1 atom stereocenters. The summed E-state index contributed by atoms with van der Waals surface area (Å²) < 4.78 is 4.72. The number of ether oxygens (including phenoxy) is 1. The molecular formula is C20H15N3O3S. The van der Waals surface area contributed by atoms with Crippen LogP contribution in [0.5, 0.6) is 0 Å². The molecule has 2 aromatic carbocycles. The molecule has 6 nitrogen and oxygen atoms in total. The number of methoxy groups -OCH3 is 1. The summed E-state index contributed by atoms with van der Waals surface area (Å²) in [6.45, 7) is 0. The largest absolute Gasteiger partial charge is 0.465 e. The Bertz CT molecular complexity index is 977. The minimum Gasteiger partial charge on any atom is -0.465 e. The third-order valence-corrected chi connectivity index (χ3v) is 4.78. The van der Waals surface area contributed by atoms with E-state index < -0.39 is 17.8 Å². The lowest BCUT2D eigenvalue weighted by Crippen LogP contribution is -2.27. The van der Waals surface area contributed by atoms with Gasteiger partial charge in [-0.05, 0) is 23.3 Å². The van der Waals surface area contributed by atoms with Gasteiger partial charge in [-0.25, -0.2) is 9.79 Å². The van der Waals surface area contributed by atoms with E-state index in [4.69, 9.17) is 4.74 Å². The van der Waals surface area contributed by atoms with Crippen molar-refractivity contribution in [1.29, 1.82) is 5.26 Å². The van der Waals surface area contributed by atoms with Crippen molar-refractivity contribution in [3.8, 4) is 6.07 Å². The van der Waals surface area contributed by atoms with Gasteiger partial charge in [0.25, 0.3) is 5.91 Å². The molecule has 0 saturated heterocycles. The standard InChI is InChI=1S/C20H15N3O3S/c1-26-19(25)15-9-5-6-13(10-15)12-27-20-22-17(14-7-3-2-4-8-14)16(11-21)18(24)23-20/h2-10,16H,12H2,1H3. The van der Waals surface area contributed by atoms with Crippen LogP contribution in [-0.4, -0.2) is 29.9 Å². The minimum atomic E-state index is -1.00. The Labute approximate surface area is 160 Å². The highest BCUT2D eigenvalue weighted by molar-refractivity contribution is 8.13. The number of benzene rings is 2. The summed E-state index contributed by atoms with van der Waals surface area (Å²) in [6.07, 6.45) is 0. The van der Waals surface area contributed by atoms with Gasteiger partial charge in [0.2, 0.25) is 0 Å². The first-order valence-corrected chi connectivity index (χ1v) is 9.07. The van der Waals surface area contributed by atoms with Crippen LogP contribution in [0.15, 0.2) is 64.6 Å². The van der Waals surface area contributed by atoms with Crippen LogP contribution in [0.3, 0.4) is 0 Å². The van der Waals surface area contributed by atoms with Gasteiger partial charge in [0.1, 0.15) is 0 Å². The smallest absolute Gasteiger partial charge is 0.337 e. The number of carbonyl (C=O) groups excluding carboxylic acids is 2. The summed E-state index contributed by atoms with van der Waals surface area (Å²) in [7, 11) is 1.33. The predicted octanol–water partition coefficient (Wildman–Crippen LogP) is 3.23. The fourth-order valence-corrected chi connectivity index (χ4v) is 3.34. The van der Waals surface area contributed by atoms with E-state index in [1.165, 1.54) is 18.9 Å². The van der Waals surface area contributed by atoms with E-state index in [-0.39, 0.29) is 0 Å². The highest BCUT2D eigenvalue weighted by atomic mass is 32.2. The second-order valence-electron chi connectivity index (χ2n) is 5.64. The zero-order chi connectivity index (χ0) is 19.2. The van der Waals surface area contributed by atoms with E-state index in [1.807, 2.05) is 42.5 Å². The van der Waals surface area contributed by atoms with Crippen molar-refractivity contribution in [3.05, 3.63) is 71.3 Å². The summed E-state index contributed by atoms with van der Waals surface area (Å²) in [5.74, 6) is -1.45. The molecule has 1 aliphatic heterocycles. The quantitative estimate of drug-likeness (QED) is 0.763. The molecule has 1 unspecified atom stereocenters. The molecule has 27 heavy (non-hydrogen) atoms. The number of rotatable bonds is 4. The van der Waals surface area contributed by atoms with Crippen molar-refractivity contribution >= 4 is 34.5 Å². The van der Waals surface area contributed by atoms with E-state index in [9.17, 15) is 14.9 Å². The molecular weight excluding hydrogens is 362 g/mol. The molecule has 3 rings (SSSR count). The first-order chi connectivity index (χ1) is 13.1. The van der Waals surface area contributed by atoms with Gasteiger partial charge >= 0.3 is 5.97 Å². The number of hydrogen-bond acceptors (Lipinski definition) is 6. The predicted molar refractivity (Wildman–Crippen MR) is 104 cm³/mol. The number of amides is 1. The lowest BCUT2D eigenvalue weighted by Gasteiger charge is -2.15. The van der Waals surface area contributed by atoms with Crippen molar-refractivity contribution in [2.45, 2.75) is 5.75 Å². The Morgan fingerprint density at radius 3 is 2.67 bits per heavy atom. The molecule has 0 aromatic heterocycles. The summed E-state index contributed by atoms with van der Waals surface area (Å²) in [4.78, 5) is 32.3. The Morgan fingerprint density at radius 2 is 1.96 bits per heavy atom. The van der Waals surface area contributed by atoms with Crippen molar-refractivity contribution in [3.63, 3.8) is 0 Å². The monoisotopic (exact) mass is 377 g/mol. The van der Waals surface area contributed by atoms with Crippen LogP contribution < -0.4 is 0 Å². The van der Waals surface area contributed by atoms with Crippen LogP contribution in [0.2, 0.25) is 0 Å². The van der Waals surface area contributed by atoms with Crippen LogP contribution in [0.4, 0.5) is 0 Å². The van der Waals surface area contributed by atoms with E-state index in [0.29, 0.717) is 22.2 Å². The van der Waals surface area contributed by atoms with E-state index in [2.05, 4.69) is 9.98 Å². The molecule has 134 valence electrons. The molecule has 1 heterocycles. The maximum absolute atomic E-state index is 12.2. The lowest BCUT2D eigenvalue weighted by atomic mass is 9.96. The first-order valence-electron chi connectivity index (χ1n) is 8.08. The summed E-state index contributed by atoms with van der Waals surface area (Å²) >= 11 is 1.27. The van der Waals surface area contributed by atoms with Crippen LogP contribution in [-0.2, 0) is 15.3 Å². The van der Waals surface area contributed by atoms with E-state index in [1.54, 1.807) is 18.2 Å². The van der Waals surface area contributed by atoms with Gasteiger partial charge in [-0.15, -0.1) is 0 Å². The number of hydrogen-bond donors (Lipinski definition) is 0. The third kappa shape index (κ3) is 4.30. The molecule has 0 N–H and O–H groups in total. The van der Waals surface area contributed by atoms with Gasteiger partial charge in [-0.2, -0.15) is 10.3 Å². The highest BCUT2D eigenvalue weighted by Crippen LogP contribution is 2.23. The number of aliphatic imine (C=N–C) groups is 2.